The Morgan fingerprint density at radius 3 is 2.71 bits per heavy atom. The van der Waals surface area contributed by atoms with E-state index in [0.717, 1.165) is 0 Å². The summed E-state index contributed by atoms with van der Waals surface area (Å²) in [5.74, 6) is 0. The summed E-state index contributed by atoms with van der Waals surface area (Å²) in [6, 6.07) is 3.92. The van der Waals surface area contributed by atoms with Gasteiger partial charge in [0.15, 0.2) is 0 Å². The molecule has 7 heavy (non-hydrogen) atoms. The molecule has 0 fully saturated rings. The van der Waals surface area contributed by atoms with Crippen molar-refractivity contribution in [2.75, 3.05) is 0 Å². The van der Waals surface area contributed by atoms with Gasteiger partial charge in [0, 0.05) is 0 Å². The van der Waals surface area contributed by atoms with E-state index in [1.165, 1.54) is 3.71 Å². The Morgan fingerprint density at radius 1 is 1.57 bits per heavy atom. The van der Waals surface area contributed by atoms with Crippen LogP contribution in [0.1, 0.15) is 0 Å². The molecule has 1 rings (SSSR count). The van der Waals surface area contributed by atoms with Gasteiger partial charge in [0.05, 0.1) is 0 Å². The van der Waals surface area contributed by atoms with Crippen LogP contribution in [0, 0.1) is 0 Å². The van der Waals surface area contributed by atoms with Crippen molar-refractivity contribution in [3.8, 4) is 0 Å². The Morgan fingerprint density at radius 2 is 2.43 bits per heavy atom. The summed E-state index contributed by atoms with van der Waals surface area (Å²) in [6.45, 7) is 0. The van der Waals surface area contributed by atoms with Crippen LogP contribution in [0.3, 0.4) is 0 Å². The van der Waals surface area contributed by atoms with E-state index < -0.39 is 0 Å². The zero-order chi connectivity index (χ0) is 5.11. The zero-order valence-electron chi connectivity index (χ0n) is 4.13. The second-order valence-electron chi connectivity index (χ2n) is 1.37. The molecule has 0 amide bonds. The summed E-state index contributed by atoms with van der Waals surface area (Å²) in [4.78, 5) is 0. The summed E-state index contributed by atoms with van der Waals surface area (Å²) in [5, 5.41) is 7.51. The van der Waals surface area contributed by atoms with E-state index in [4.69, 9.17) is 0 Å². The van der Waals surface area contributed by atoms with Crippen molar-refractivity contribution in [1.82, 2.24) is 10.2 Å². The number of hydrogen-bond acceptors (Lipinski definition) is 2. The molecule has 0 spiro atoms. The molecule has 0 aliphatic carbocycles. The molecule has 36 valence electrons. The van der Waals surface area contributed by atoms with Crippen molar-refractivity contribution < 1.29 is 0 Å². The molecular formula is C4H6N2Sn. The molecule has 2 nitrogen and oxygen atoms in total. The minimum absolute atomic E-state index is 0.534. The van der Waals surface area contributed by atoms with Crippen molar-refractivity contribution in [2.24, 2.45) is 0 Å². The van der Waals surface area contributed by atoms with Gasteiger partial charge in [-0.15, -0.1) is 0 Å². The van der Waals surface area contributed by atoms with Gasteiger partial charge in [-0.2, -0.15) is 0 Å². The van der Waals surface area contributed by atoms with Gasteiger partial charge in [0.1, 0.15) is 0 Å². The van der Waals surface area contributed by atoms with Crippen molar-refractivity contribution in [3.63, 3.8) is 0 Å². The summed E-state index contributed by atoms with van der Waals surface area (Å²) >= 11 is 0.534. The molecule has 0 aromatic carbocycles. The summed E-state index contributed by atoms with van der Waals surface area (Å²) in [5.41, 5.74) is 0. The van der Waals surface area contributed by atoms with Crippen LogP contribution >= 0.6 is 0 Å². The Labute approximate surface area is 55.0 Å². The minimum atomic E-state index is 0.534. The van der Waals surface area contributed by atoms with Crippen molar-refractivity contribution in [2.45, 2.75) is 0 Å². The molecule has 0 radical (unpaired) electrons. The third-order valence-electron chi connectivity index (χ3n) is 0.706. The summed E-state index contributed by atoms with van der Waals surface area (Å²) < 4.78 is 1.17. The fourth-order valence-corrected chi connectivity index (χ4v) is 1.26. The van der Waals surface area contributed by atoms with Gasteiger partial charge < -0.3 is 0 Å². The maximum atomic E-state index is 3.82. The SMILES string of the molecule is [SnH3][c]1cccnn1. The number of hydrogen-bond donors (Lipinski definition) is 0. The van der Waals surface area contributed by atoms with E-state index in [1.807, 2.05) is 12.1 Å². The average molecular weight is 201 g/mol. The van der Waals surface area contributed by atoms with Crippen LogP contribution in [-0.4, -0.2) is 32.7 Å². The van der Waals surface area contributed by atoms with Gasteiger partial charge in [-0.1, -0.05) is 0 Å². The molecular weight excluding hydrogens is 195 g/mol. The van der Waals surface area contributed by atoms with Crippen molar-refractivity contribution in [1.29, 1.82) is 0 Å². The quantitative estimate of drug-likeness (QED) is 0.475. The van der Waals surface area contributed by atoms with Crippen LogP contribution in [0.5, 0.6) is 0 Å². The van der Waals surface area contributed by atoms with E-state index in [2.05, 4.69) is 10.2 Å². The number of nitrogens with zero attached hydrogens (tertiary/aromatic N) is 2. The second kappa shape index (κ2) is 2.25. The molecule has 0 N–H and O–H groups in total. The number of rotatable bonds is 0. The standard InChI is InChI=1S/C4H3N2.Sn.3H/c1-2-4-6-5-3-1;;;;/h1-3H;;;;. The van der Waals surface area contributed by atoms with Gasteiger partial charge >= 0.3 is 54.8 Å². The molecule has 0 aliphatic heterocycles. The molecule has 0 bridgehead atoms. The number of aromatic nitrogens is 2. The molecule has 0 aliphatic rings. The summed E-state index contributed by atoms with van der Waals surface area (Å²) in [6.07, 6.45) is 1.69. The van der Waals surface area contributed by atoms with Crippen LogP contribution in [0.15, 0.2) is 18.3 Å². The van der Waals surface area contributed by atoms with Gasteiger partial charge in [-0.25, -0.2) is 0 Å². The molecule has 3 heteroatoms. The predicted octanol–water partition coefficient (Wildman–Crippen LogP) is -1.53. The van der Waals surface area contributed by atoms with E-state index in [1.54, 1.807) is 6.20 Å². The van der Waals surface area contributed by atoms with Crippen LogP contribution < -0.4 is 3.71 Å². The fourth-order valence-electron chi connectivity index (χ4n) is 0.379. The summed E-state index contributed by atoms with van der Waals surface area (Å²) in [7, 11) is 0. The van der Waals surface area contributed by atoms with E-state index in [-0.39, 0.29) is 0 Å². The van der Waals surface area contributed by atoms with Gasteiger partial charge in [-0.3, -0.25) is 0 Å². The molecule has 0 saturated heterocycles. The Kier molecular flexibility index (Phi) is 1.62. The zero-order valence-corrected chi connectivity index (χ0v) is 9.83. The van der Waals surface area contributed by atoms with Crippen LogP contribution in [0.25, 0.3) is 0 Å². The van der Waals surface area contributed by atoms with E-state index in [0.29, 0.717) is 22.5 Å². The fraction of sp³-hybridized carbons (Fsp3) is 0. The predicted molar refractivity (Wildman–Crippen MR) is 31.6 cm³/mol. The second-order valence-corrected chi connectivity index (χ2v) is 4.29. The van der Waals surface area contributed by atoms with Crippen molar-refractivity contribution in [3.05, 3.63) is 18.3 Å². The first-order valence-corrected chi connectivity index (χ1v) is 4.99. The van der Waals surface area contributed by atoms with E-state index >= 15 is 0 Å². The van der Waals surface area contributed by atoms with Gasteiger partial charge in [0.2, 0.25) is 0 Å². The van der Waals surface area contributed by atoms with Crippen LogP contribution in [0.4, 0.5) is 0 Å². The molecule has 1 aromatic heterocycles. The third-order valence-corrected chi connectivity index (χ3v) is 2.23. The first kappa shape index (κ1) is 5.02. The first-order valence-electron chi connectivity index (χ1n) is 2.14. The molecule has 1 aromatic rings. The van der Waals surface area contributed by atoms with Crippen molar-refractivity contribution >= 4 is 26.2 Å². The topological polar surface area (TPSA) is 25.8 Å². The Balaban J connectivity index is 3.02. The van der Waals surface area contributed by atoms with Gasteiger partial charge in [-0.05, 0) is 0 Å². The van der Waals surface area contributed by atoms with E-state index in [9.17, 15) is 0 Å². The van der Waals surface area contributed by atoms with Crippen LogP contribution in [0.2, 0.25) is 0 Å². The third kappa shape index (κ3) is 1.42. The average Bonchev–Trinajstić information content (AvgIpc) is 1.69. The molecule has 0 atom stereocenters. The Bertz CT molecular complexity index is 140. The first-order chi connectivity index (χ1) is 3.39. The molecule has 1 heterocycles. The van der Waals surface area contributed by atoms with Crippen LogP contribution in [-0.2, 0) is 0 Å². The molecule has 0 saturated carbocycles. The molecule has 0 unspecified atom stereocenters. The van der Waals surface area contributed by atoms with Gasteiger partial charge in [0.25, 0.3) is 0 Å². The maximum absolute atomic E-state index is 3.82. The Hall–Kier alpha value is -0.121. The normalized spacial score (nSPS) is 9.14. The monoisotopic (exact) mass is 202 g/mol.